The summed E-state index contributed by atoms with van der Waals surface area (Å²) in [5.74, 6) is -1.57. The van der Waals surface area contributed by atoms with E-state index < -0.39 is 39.3 Å². The SMILES string of the molecule is O=C(Nc1ccc(Br)cc1)Nc1cn(-c2cc3nc(C(=O)O)c(=O)[nH]c3cc2[N+](=O)[O-])ccc1=O. The molecule has 176 valence electrons. The van der Waals surface area contributed by atoms with Gasteiger partial charge in [-0.3, -0.25) is 19.7 Å². The molecule has 0 spiro atoms. The molecular weight excluding hydrogens is 528 g/mol. The number of H-pyrrole nitrogens is 1. The highest BCUT2D eigenvalue weighted by Crippen LogP contribution is 2.27. The van der Waals surface area contributed by atoms with Crippen LogP contribution in [0.2, 0.25) is 0 Å². The number of carbonyl (C=O) groups excluding carboxylic acids is 1. The number of nitro groups is 1. The normalized spacial score (nSPS) is 10.7. The lowest BCUT2D eigenvalue weighted by Gasteiger charge is -2.12. The standard InChI is InChI=1S/C21H13BrN6O7/c22-10-1-3-11(4-2-10)23-21(33)26-14-9-27(6-5-17(14)29)15-7-12-13(8-16(15)28(34)35)25-19(30)18(24-12)20(31)32/h1-9H,(H,25,30)(H,31,32)(H2,23,26,33). The molecule has 0 saturated heterocycles. The van der Waals surface area contributed by atoms with E-state index in [0.29, 0.717) is 5.69 Å². The van der Waals surface area contributed by atoms with Crippen LogP contribution in [-0.4, -0.2) is 36.6 Å². The van der Waals surface area contributed by atoms with Crippen LogP contribution in [0.3, 0.4) is 0 Å². The number of nitro benzene ring substituents is 1. The lowest BCUT2D eigenvalue weighted by molar-refractivity contribution is -0.384. The fourth-order valence-electron chi connectivity index (χ4n) is 3.15. The summed E-state index contributed by atoms with van der Waals surface area (Å²) < 4.78 is 2.00. The zero-order valence-electron chi connectivity index (χ0n) is 17.3. The first-order valence-electron chi connectivity index (χ1n) is 9.64. The van der Waals surface area contributed by atoms with Crippen LogP contribution in [0, 0.1) is 10.1 Å². The van der Waals surface area contributed by atoms with Crippen molar-refractivity contribution in [2.24, 2.45) is 0 Å². The number of hydrogen-bond acceptors (Lipinski definition) is 7. The molecule has 0 aliphatic heterocycles. The number of nitrogens with zero attached hydrogens (tertiary/aromatic N) is 3. The Morgan fingerprint density at radius 1 is 1.11 bits per heavy atom. The predicted molar refractivity (Wildman–Crippen MR) is 128 cm³/mol. The highest BCUT2D eigenvalue weighted by Gasteiger charge is 2.20. The number of benzene rings is 2. The first-order chi connectivity index (χ1) is 16.6. The van der Waals surface area contributed by atoms with Gasteiger partial charge in [0, 0.05) is 34.7 Å². The van der Waals surface area contributed by atoms with Crippen molar-refractivity contribution in [2.45, 2.75) is 0 Å². The molecule has 2 aromatic heterocycles. The molecule has 2 aromatic carbocycles. The van der Waals surface area contributed by atoms with Crippen LogP contribution < -0.4 is 21.6 Å². The van der Waals surface area contributed by atoms with Gasteiger partial charge in [0.25, 0.3) is 11.2 Å². The quantitative estimate of drug-likeness (QED) is 0.219. The van der Waals surface area contributed by atoms with Crippen molar-refractivity contribution >= 4 is 56.0 Å². The molecule has 13 nitrogen and oxygen atoms in total. The molecule has 0 atom stereocenters. The van der Waals surface area contributed by atoms with Gasteiger partial charge in [-0.2, -0.15) is 0 Å². The molecule has 0 aliphatic carbocycles. The van der Waals surface area contributed by atoms with E-state index in [1.54, 1.807) is 24.3 Å². The number of halogens is 1. The largest absolute Gasteiger partial charge is 0.476 e. The number of urea groups is 1. The molecule has 0 aliphatic rings. The molecule has 2 amide bonds. The summed E-state index contributed by atoms with van der Waals surface area (Å²) in [5, 5.41) is 25.8. The highest BCUT2D eigenvalue weighted by atomic mass is 79.9. The number of aromatic nitrogens is 3. The number of hydrogen-bond donors (Lipinski definition) is 4. The molecule has 35 heavy (non-hydrogen) atoms. The van der Waals surface area contributed by atoms with Crippen molar-refractivity contribution in [1.82, 2.24) is 14.5 Å². The minimum absolute atomic E-state index is 0.0382. The van der Waals surface area contributed by atoms with Crippen molar-refractivity contribution in [3.63, 3.8) is 0 Å². The lowest BCUT2D eigenvalue weighted by atomic mass is 10.2. The maximum absolute atomic E-state index is 12.4. The van der Waals surface area contributed by atoms with Crippen LogP contribution in [0.15, 0.2) is 68.9 Å². The summed E-state index contributed by atoms with van der Waals surface area (Å²) in [6, 6.07) is 9.26. The molecule has 0 bridgehead atoms. The number of pyridine rings is 1. The number of aromatic amines is 1. The summed E-state index contributed by atoms with van der Waals surface area (Å²) in [4.78, 5) is 64.8. The Balaban J connectivity index is 1.75. The first kappa shape index (κ1) is 23.3. The van der Waals surface area contributed by atoms with E-state index >= 15 is 0 Å². The summed E-state index contributed by atoms with van der Waals surface area (Å²) >= 11 is 3.28. The summed E-state index contributed by atoms with van der Waals surface area (Å²) in [7, 11) is 0. The van der Waals surface area contributed by atoms with Crippen LogP contribution in [0.4, 0.5) is 21.9 Å². The van der Waals surface area contributed by atoms with Gasteiger partial charge in [-0.1, -0.05) is 15.9 Å². The fourth-order valence-corrected chi connectivity index (χ4v) is 3.42. The molecule has 0 fully saturated rings. The van der Waals surface area contributed by atoms with Crippen molar-refractivity contribution in [1.29, 1.82) is 0 Å². The zero-order valence-corrected chi connectivity index (χ0v) is 18.9. The Hall–Kier alpha value is -4.85. The van der Waals surface area contributed by atoms with Gasteiger partial charge in [0.05, 0.1) is 16.0 Å². The Bertz CT molecular complexity index is 1630. The molecule has 4 N–H and O–H groups in total. The Morgan fingerprint density at radius 3 is 2.49 bits per heavy atom. The predicted octanol–water partition coefficient (Wildman–Crippen LogP) is 3.09. The van der Waals surface area contributed by atoms with Crippen LogP contribution >= 0.6 is 15.9 Å². The van der Waals surface area contributed by atoms with Crippen LogP contribution in [-0.2, 0) is 0 Å². The van der Waals surface area contributed by atoms with Crippen molar-refractivity contribution in [3.8, 4) is 5.69 Å². The third-order valence-electron chi connectivity index (χ3n) is 4.74. The van der Waals surface area contributed by atoms with Crippen molar-refractivity contribution in [2.75, 3.05) is 10.6 Å². The number of aromatic carboxylic acids is 1. The fraction of sp³-hybridized carbons (Fsp3) is 0. The molecule has 0 saturated carbocycles. The number of fused-ring (bicyclic) bond motifs is 1. The topological polar surface area (TPSA) is 189 Å². The smallest absolute Gasteiger partial charge is 0.360 e. The molecule has 0 radical (unpaired) electrons. The van der Waals surface area contributed by atoms with Gasteiger partial charge >= 0.3 is 12.0 Å². The maximum Gasteiger partial charge on any atom is 0.360 e. The third kappa shape index (κ3) is 4.91. The van der Waals surface area contributed by atoms with E-state index in [9.17, 15) is 29.3 Å². The van der Waals surface area contributed by atoms with E-state index in [1.807, 2.05) is 0 Å². The monoisotopic (exact) mass is 540 g/mol. The Kier molecular flexibility index (Phi) is 6.12. The van der Waals surface area contributed by atoms with Gasteiger partial charge < -0.3 is 25.3 Å². The van der Waals surface area contributed by atoms with Crippen LogP contribution in [0.1, 0.15) is 10.5 Å². The molecule has 14 heteroatoms. The van der Waals surface area contributed by atoms with E-state index in [2.05, 4.69) is 36.5 Å². The van der Waals surface area contributed by atoms with E-state index in [1.165, 1.54) is 23.0 Å². The first-order valence-corrected chi connectivity index (χ1v) is 10.4. The van der Waals surface area contributed by atoms with Crippen molar-refractivity contribution < 1.29 is 19.6 Å². The van der Waals surface area contributed by atoms with Gasteiger partial charge in [-0.15, -0.1) is 0 Å². The third-order valence-corrected chi connectivity index (χ3v) is 5.26. The number of carboxylic acid groups (broad SMARTS) is 1. The maximum atomic E-state index is 12.4. The number of anilines is 2. The second-order valence-electron chi connectivity index (χ2n) is 7.05. The van der Waals surface area contributed by atoms with Gasteiger partial charge in [0.1, 0.15) is 11.4 Å². The van der Waals surface area contributed by atoms with E-state index in [0.717, 1.165) is 16.6 Å². The highest BCUT2D eigenvalue weighted by molar-refractivity contribution is 9.10. The second kappa shape index (κ2) is 9.18. The summed E-state index contributed by atoms with van der Waals surface area (Å²) in [6.45, 7) is 0. The van der Waals surface area contributed by atoms with Crippen molar-refractivity contribution in [3.05, 3.63) is 95.7 Å². The van der Waals surface area contributed by atoms with Crippen LogP contribution in [0.5, 0.6) is 0 Å². The Morgan fingerprint density at radius 2 is 1.83 bits per heavy atom. The minimum atomic E-state index is -1.57. The summed E-state index contributed by atoms with van der Waals surface area (Å²) in [5.41, 5.74) is -2.73. The van der Waals surface area contributed by atoms with E-state index in [4.69, 9.17) is 5.11 Å². The van der Waals surface area contributed by atoms with Gasteiger partial charge in [-0.05, 0) is 30.3 Å². The van der Waals surface area contributed by atoms with Gasteiger partial charge in [0.15, 0.2) is 0 Å². The lowest BCUT2D eigenvalue weighted by Crippen LogP contribution is -2.24. The minimum Gasteiger partial charge on any atom is -0.476 e. The molecule has 4 rings (SSSR count). The van der Waals surface area contributed by atoms with Crippen LogP contribution in [0.25, 0.3) is 16.7 Å². The molecule has 0 unspecified atom stereocenters. The molecular formula is C21H13BrN6O7. The second-order valence-corrected chi connectivity index (χ2v) is 7.97. The number of carboxylic acids is 1. The number of rotatable bonds is 5. The number of amides is 2. The van der Waals surface area contributed by atoms with Gasteiger partial charge in [0.2, 0.25) is 11.1 Å². The average Bonchev–Trinajstić information content (AvgIpc) is 2.80. The average molecular weight is 541 g/mol. The molecule has 4 aromatic rings. The van der Waals surface area contributed by atoms with E-state index in [-0.39, 0.29) is 22.4 Å². The zero-order chi connectivity index (χ0) is 25.3. The van der Waals surface area contributed by atoms with Gasteiger partial charge in [-0.25, -0.2) is 14.6 Å². The summed E-state index contributed by atoms with van der Waals surface area (Å²) in [6.07, 6.45) is 2.40. The number of nitrogens with one attached hydrogen (secondary N) is 3. The molecule has 2 heterocycles. The number of carbonyl (C=O) groups is 2. The Labute approximate surface area is 202 Å².